The lowest BCUT2D eigenvalue weighted by molar-refractivity contribution is 1.12. The van der Waals surface area contributed by atoms with Crippen molar-refractivity contribution >= 4 is 40.5 Å². The van der Waals surface area contributed by atoms with Crippen LogP contribution < -0.4 is 5.73 Å². The van der Waals surface area contributed by atoms with Crippen molar-refractivity contribution in [2.75, 3.05) is 5.73 Å². The molecule has 6 heteroatoms. The zero-order chi connectivity index (χ0) is 14.0. The van der Waals surface area contributed by atoms with Crippen molar-refractivity contribution in [2.24, 2.45) is 0 Å². The molecule has 96 valence electrons. The summed E-state index contributed by atoms with van der Waals surface area (Å²) in [6.07, 6.45) is 0.211. The summed E-state index contributed by atoms with van der Waals surface area (Å²) in [5.74, 6) is 0. The van der Waals surface area contributed by atoms with Crippen molar-refractivity contribution in [2.45, 2.75) is 6.42 Å². The summed E-state index contributed by atoms with van der Waals surface area (Å²) < 4.78 is 0. The number of hydrogen-bond donors (Lipinski definition) is 1. The van der Waals surface area contributed by atoms with Crippen molar-refractivity contribution in [3.63, 3.8) is 0 Å². The highest BCUT2D eigenvalue weighted by Crippen LogP contribution is 2.36. The average Bonchev–Trinajstić information content (AvgIpc) is 2.38. The van der Waals surface area contributed by atoms with Gasteiger partial charge in [0.15, 0.2) is 0 Å². The summed E-state index contributed by atoms with van der Waals surface area (Å²) in [5.41, 5.74) is 8.21. The molecule has 1 aromatic heterocycles. The number of hydrogen-bond acceptors (Lipinski definition) is 3. The van der Waals surface area contributed by atoms with Crippen molar-refractivity contribution < 1.29 is 0 Å². The second kappa shape index (κ2) is 5.66. The summed E-state index contributed by atoms with van der Waals surface area (Å²) in [5, 5.41) is 9.64. The highest BCUT2D eigenvalue weighted by molar-refractivity contribution is 6.48. The lowest BCUT2D eigenvalue weighted by atomic mass is 10.1. The molecule has 2 N–H and O–H groups in total. The molecule has 0 unspecified atom stereocenters. The quantitative estimate of drug-likeness (QED) is 0.838. The third-order valence-electron chi connectivity index (χ3n) is 2.50. The normalized spacial score (nSPS) is 10.2. The summed E-state index contributed by atoms with van der Waals surface area (Å²) in [7, 11) is 0. The highest BCUT2D eigenvalue weighted by Gasteiger charge is 2.11. The Bertz CT molecular complexity index is 654. The molecular weight excluding hydrogens is 305 g/mol. The van der Waals surface area contributed by atoms with Crippen molar-refractivity contribution in [3.8, 4) is 17.3 Å². The molecular formula is C13H8Cl3N3. The van der Waals surface area contributed by atoms with Crippen molar-refractivity contribution in [3.05, 3.63) is 45.0 Å². The smallest absolute Gasteiger partial charge is 0.0935 e. The fourth-order valence-electron chi connectivity index (χ4n) is 1.61. The zero-order valence-electron chi connectivity index (χ0n) is 9.62. The molecule has 2 aromatic rings. The Balaban J connectivity index is 2.58. The molecule has 0 aliphatic carbocycles. The van der Waals surface area contributed by atoms with Crippen LogP contribution in [0.3, 0.4) is 0 Å². The van der Waals surface area contributed by atoms with Crippen LogP contribution in [-0.4, -0.2) is 4.98 Å². The van der Waals surface area contributed by atoms with Gasteiger partial charge in [0.05, 0.1) is 44.6 Å². The first-order valence-corrected chi connectivity index (χ1v) is 6.43. The molecule has 3 nitrogen and oxygen atoms in total. The van der Waals surface area contributed by atoms with Crippen LogP contribution in [0.1, 0.15) is 5.69 Å². The van der Waals surface area contributed by atoms with Crippen LogP contribution in [0.15, 0.2) is 24.3 Å². The van der Waals surface area contributed by atoms with Gasteiger partial charge in [-0.1, -0.05) is 34.8 Å². The summed E-state index contributed by atoms with van der Waals surface area (Å²) in [6.45, 7) is 0. The molecule has 0 bridgehead atoms. The number of pyridine rings is 1. The highest BCUT2D eigenvalue weighted by atomic mass is 35.5. The Hall–Kier alpha value is -1.47. The first kappa shape index (κ1) is 14.0. The van der Waals surface area contributed by atoms with E-state index in [1.807, 2.05) is 6.07 Å². The Morgan fingerprint density at radius 2 is 1.79 bits per heavy atom. The first-order chi connectivity index (χ1) is 9.02. The van der Waals surface area contributed by atoms with E-state index in [1.54, 1.807) is 24.3 Å². The molecule has 0 amide bonds. The molecule has 0 aliphatic rings. The molecule has 19 heavy (non-hydrogen) atoms. The number of nitrogens with zero attached hydrogens (tertiary/aromatic N) is 2. The third kappa shape index (κ3) is 2.93. The Labute approximate surface area is 125 Å². The largest absolute Gasteiger partial charge is 0.397 e. The van der Waals surface area contributed by atoms with Crippen LogP contribution in [0.2, 0.25) is 15.1 Å². The summed E-state index contributed by atoms with van der Waals surface area (Å²) in [6, 6.07) is 8.73. The minimum absolute atomic E-state index is 0.211. The van der Waals surface area contributed by atoms with Crippen molar-refractivity contribution in [1.82, 2.24) is 4.98 Å². The van der Waals surface area contributed by atoms with Gasteiger partial charge in [-0.2, -0.15) is 5.26 Å². The predicted octanol–water partition coefficient (Wildman–Crippen LogP) is 4.36. The number of nitriles is 1. The van der Waals surface area contributed by atoms with Crippen molar-refractivity contribution in [1.29, 1.82) is 5.26 Å². The van der Waals surface area contributed by atoms with Gasteiger partial charge >= 0.3 is 0 Å². The van der Waals surface area contributed by atoms with E-state index in [2.05, 4.69) is 4.98 Å². The van der Waals surface area contributed by atoms with Gasteiger partial charge in [0.25, 0.3) is 0 Å². The SMILES string of the molecule is N#CCc1ccc(N)c(-c2cc(Cl)c(Cl)c(Cl)c2)n1. The van der Waals surface area contributed by atoms with Gasteiger partial charge in [0.2, 0.25) is 0 Å². The Morgan fingerprint density at radius 3 is 2.37 bits per heavy atom. The lowest BCUT2D eigenvalue weighted by Gasteiger charge is -2.09. The van der Waals surface area contributed by atoms with E-state index in [9.17, 15) is 0 Å². The van der Waals surface area contributed by atoms with Gasteiger partial charge in [0.1, 0.15) is 0 Å². The van der Waals surface area contributed by atoms with E-state index in [1.165, 1.54) is 0 Å². The molecule has 2 rings (SSSR count). The van der Waals surface area contributed by atoms with E-state index in [0.717, 1.165) is 0 Å². The maximum Gasteiger partial charge on any atom is 0.0935 e. The molecule has 0 atom stereocenters. The van der Waals surface area contributed by atoms with Crippen LogP contribution >= 0.6 is 34.8 Å². The maximum atomic E-state index is 8.69. The second-order valence-corrected chi connectivity index (χ2v) is 5.02. The fraction of sp³-hybridized carbons (Fsp3) is 0.0769. The predicted molar refractivity (Wildman–Crippen MR) is 78.4 cm³/mol. The van der Waals surface area contributed by atoms with Crippen LogP contribution in [0.25, 0.3) is 11.3 Å². The minimum atomic E-state index is 0.211. The van der Waals surface area contributed by atoms with E-state index in [-0.39, 0.29) is 6.42 Å². The van der Waals surface area contributed by atoms with Gasteiger partial charge in [-0.05, 0) is 24.3 Å². The van der Waals surface area contributed by atoms with Crippen LogP contribution in [0, 0.1) is 11.3 Å². The van der Waals surface area contributed by atoms with Gasteiger partial charge in [-0.25, -0.2) is 4.98 Å². The van der Waals surface area contributed by atoms with Gasteiger partial charge in [-0.3, -0.25) is 0 Å². The second-order valence-electron chi connectivity index (χ2n) is 3.83. The number of anilines is 1. The number of nitrogen functional groups attached to an aromatic ring is 1. The standard InChI is InChI=1S/C13H8Cl3N3/c14-9-5-7(6-10(15)12(9)16)13-11(18)2-1-8(19-13)3-4-17/h1-2,5-6H,3,18H2. The number of aromatic nitrogens is 1. The average molecular weight is 313 g/mol. The van der Waals surface area contributed by atoms with E-state index < -0.39 is 0 Å². The number of rotatable bonds is 2. The van der Waals surface area contributed by atoms with Crippen LogP contribution in [0.4, 0.5) is 5.69 Å². The topological polar surface area (TPSA) is 62.7 Å². The van der Waals surface area contributed by atoms with E-state index in [4.69, 9.17) is 45.8 Å². The van der Waals surface area contributed by atoms with E-state index in [0.29, 0.717) is 37.7 Å². The fourth-order valence-corrected chi connectivity index (χ4v) is 2.21. The zero-order valence-corrected chi connectivity index (χ0v) is 11.9. The van der Waals surface area contributed by atoms with Crippen LogP contribution in [0.5, 0.6) is 0 Å². The first-order valence-electron chi connectivity index (χ1n) is 5.30. The van der Waals surface area contributed by atoms with Crippen LogP contribution in [-0.2, 0) is 6.42 Å². The number of benzene rings is 1. The van der Waals surface area contributed by atoms with Gasteiger partial charge in [0, 0.05) is 5.56 Å². The lowest BCUT2D eigenvalue weighted by Crippen LogP contribution is -1.97. The summed E-state index contributed by atoms with van der Waals surface area (Å²) in [4.78, 5) is 4.34. The Kier molecular flexibility index (Phi) is 4.16. The monoisotopic (exact) mass is 311 g/mol. The molecule has 0 radical (unpaired) electrons. The molecule has 0 fully saturated rings. The Morgan fingerprint density at radius 1 is 1.16 bits per heavy atom. The van der Waals surface area contributed by atoms with E-state index >= 15 is 0 Å². The molecule has 0 saturated carbocycles. The maximum absolute atomic E-state index is 8.69. The molecule has 0 saturated heterocycles. The minimum Gasteiger partial charge on any atom is -0.397 e. The molecule has 1 aromatic carbocycles. The third-order valence-corrected chi connectivity index (χ3v) is 3.70. The molecule has 1 heterocycles. The number of nitrogens with two attached hydrogens (primary N) is 1. The van der Waals surface area contributed by atoms with Gasteiger partial charge in [-0.15, -0.1) is 0 Å². The molecule has 0 aliphatic heterocycles. The number of halogens is 3. The summed E-state index contributed by atoms with van der Waals surface area (Å²) >= 11 is 17.9. The van der Waals surface area contributed by atoms with Gasteiger partial charge < -0.3 is 5.73 Å². The molecule has 0 spiro atoms.